The zero-order chi connectivity index (χ0) is 8.57. The summed E-state index contributed by atoms with van der Waals surface area (Å²) in [6.07, 6.45) is 0. The lowest BCUT2D eigenvalue weighted by atomic mass is 10.5. The third kappa shape index (κ3) is 24.8. The normalized spacial score (nSPS) is 11.1. The van der Waals surface area contributed by atoms with Gasteiger partial charge in [-0.25, -0.2) is 0 Å². The molecule has 0 aliphatic rings. The molecule has 0 aliphatic carbocycles. The molecule has 0 heterocycles. The highest BCUT2D eigenvalue weighted by molar-refractivity contribution is 7.84. The van der Waals surface area contributed by atoms with E-state index in [0.717, 1.165) is 0 Å². The van der Waals surface area contributed by atoms with Crippen LogP contribution in [0.3, 0.4) is 0 Å². The SMILES string of the molecule is O=[N+]([O-])O.OCC(S)CS. The van der Waals surface area contributed by atoms with Crippen molar-refractivity contribution in [2.75, 3.05) is 12.4 Å². The number of aliphatic hydroxyl groups excluding tert-OH is 1. The highest BCUT2D eigenvalue weighted by Gasteiger charge is 1.92. The molecule has 0 aromatic rings. The van der Waals surface area contributed by atoms with Crippen LogP contribution in [0.25, 0.3) is 0 Å². The molecule has 10 heavy (non-hydrogen) atoms. The molecule has 1 atom stereocenters. The molecule has 0 spiro atoms. The van der Waals surface area contributed by atoms with Crippen LogP contribution >= 0.6 is 25.3 Å². The minimum Gasteiger partial charge on any atom is -0.395 e. The molecule has 0 saturated heterocycles. The predicted molar refractivity (Wildman–Crippen MR) is 42.5 cm³/mol. The van der Waals surface area contributed by atoms with Crippen molar-refractivity contribution in [3.63, 3.8) is 0 Å². The van der Waals surface area contributed by atoms with Crippen LogP contribution in [0, 0.1) is 10.1 Å². The smallest absolute Gasteiger partial charge is 0.291 e. The van der Waals surface area contributed by atoms with Crippen LogP contribution in [0.15, 0.2) is 0 Å². The molecule has 5 nitrogen and oxygen atoms in total. The van der Waals surface area contributed by atoms with Crippen molar-refractivity contribution in [3.8, 4) is 0 Å². The molecule has 0 fully saturated rings. The highest BCUT2D eigenvalue weighted by atomic mass is 32.1. The predicted octanol–water partition coefficient (Wildman–Crippen LogP) is -0.141. The third-order valence-corrected chi connectivity index (χ3v) is 1.50. The summed E-state index contributed by atoms with van der Waals surface area (Å²) in [4.78, 5) is 8.36. The van der Waals surface area contributed by atoms with Gasteiger partial charge in [0.05, 0.1) is 6.61 Å². The van der Waals surface area contributed by atoms with Gasteiger partial charge in [0, 0.05) is 11.0 Å². The van der Waals surface area contributed by atoms with Crippen molar-refractivity contribution >= 4 is 25.3 Å². The number of rotatable bonds is 2. The average molecular weight is 187 g/mol. The summed E-state index contributed by atoms with van der Waals surface area (Å²) in [7, 11) is 0. The maximum absolute atomic E-state index is 8.36. The monoisotopic (exact) mass is 187 g/mol. The summed E-state index contributed by atoms with van der Waals surface area (Å²) >= 11 is 7.76. The average Bonchev–Trinajstić information content (AvgIpc) is 1.85. The Morgan fingerprint density at radius 2 is 2.00 bits per heavy atom. The molecular formula is C3H9NO4S2. The van der Waals surface area contributed by atoms with Crippen LogP contribution in [-0.4, -0.2) is 33.0 Å². The van der Waals surface area contributed by atoms with Gasteiger partial charge in [-0.15, -0.1) is 10.1 Å². The van der Waals surface area contributed by atoms with Crippen molar-refractivity contribution in [1.82, 2.24) is 0 Å². The minimum atomic E-state index is -1.50. The fourth-order valence-electron chi connectivity index (χ4n) is 0.0577. The first kappa shape index (κ1) is 12.5. The Kier molecular flexibility index (Phi) is 11.1. The molecule has 0 bridgehead atoms. The van der Waals surface area contributed by atoms with E-state index in [4.69, 9.17) is 20.4 Å². The van der Waals surface area contributed by atoms with Crippen LogP contribution in [0.2, 0.25) is 0 Å². The topological polar surface area (TPSA) is 83.6 Å². The fourth-order valence-corrected chi connectivity index (χ4v) is 0.173. The lowest BCUT2D eigenvalue weighted by Crippen LogP contribution is -2.04. The second-order valence-corrected chi connectivity index (χ2v) is 2.35. The van der Waals surface area contributed by atoms with E-state index >= 15 is 0 Å². The van der Waals surface area contributed by atoms with Crippen LogP contribution < -0.4 is 0 Å². The van der Waals surface area contributed by atoms with E-state index in [1.54, 1.807) is 0 Å². The van der Waals surface area contributed by atoms with Gasteiger partial charge in [-0.1, -0.05) is 0 Å². The zero-order valence-electron chi connectivity index (χ0n) is 5.04. The Morgan fingerprint density at radius 1 is 1.70 bits per heavy atom. The summed E-state index contributed by atoms with van der Waals surface area (Å²) in [5, 5.41) is 21.9. The molecule has 2 N–H and O–H groups in total. The van der Waals surface area contributed by atoms with E-state index in [2.05, 4.69) is 25.3 Å². The van der Waals surface area contributed by atoms with Gasteiger partial charge in [0.2, 0.25) is 0 Å². The fraction of sp³-hybridized carbons (Fsp3) is 1.00. The Morgan fingerprint density at radius 3 is 2.00 bits per heavy atom. The molecular weight excluding hydrogens is 178 g/mol. The van der Waals surface area contributed by atoms with Gasteiger partial charge in [-0.3, -0.25) is 0 Å². The lowest BCUT2D eigenvalue weighted by molar-refractivity contribution is -0.742. The largest absolute Gasteiger partial charge is 0.395 e. The maximum atomic E-state index is 8.36. The lowest BCUT2D eigenvalue weighted by Gasteiger charge is -1.96. The summed E-state index contributed by atoms with van der Waals surface area (Å²) in [5.74, 6) is 0.639. The Hall–Kier alpha value is -0.140. The summed E-state index contributed by atoms with van der Waals surface area (Å²) in [6.45, 7) is 0.118. The van der Waals surface area contributed by atoms with E-state index in [9.17, 15) is 0 Å². The number of nitrogens with zero attached hydrogens (tertiary/aromatic N) is 1. The molecule has 0 aromatic carbocycles. The molecule has 0 amide bonds. The minimum absolute atomic E-state index is 0.0494. The van der Waals surface area contributed by atoms with Gasteiger partial charge >= 0.3 is 0 Å². The van der Waals surface area contributed by atoms with Crippen molar-refractivity contribution in [2.24, 2.45) is 0 Å². The zero-order valence-corrected chi connectivity index (χ0v) is 6.83. The van der Waals surface area contributed by atoms with Gasteiger partial charge < -0.3 is 10.3 Å². The Bertz CT molecular complexity index is 82.6. The van der Waals surface area contributed by atoms with Crippen LogP contribution in [0.4, 0.5) is 0 Å². The Balaban J connectivity index is 0. The van der Waals surface area contributed by atoms with E-state index in [1.807, 2.05) is 0 Å². The van der Waals surface area contributed by atoms with Crippen LogP contribution in [-0.2, 0) is 0 Å². The van der Waals surface area contributed by atoms with Gasteiger partial charge in [-0.05, 0) is 0 Å². The summed E-state index contributed by atoms with van der Waals surface area (Å²) < 4.78 is 0. The summed E-state index contributed by atoms with van der Waals surface area (Å²) in [6, 6.07) is 0. The van der Waals surface area contributed by atoms with E-state index in [-0.39, 0.29) is 11.9 Å². The van der Waals surface area contributed by atoms with Gasteiger partial charge in [0.1, 0.15) is 0 Å². The van der Waals surface area contributed by atoms with Crippen LogP contribution in [0.5, 0.6) is 0 Å². The molecule has 7 heteroatoms. The molecule has 0 rings (SSSR count). The van der Waals surface area contributed by atoms with E-state index in [1.165, 1.54) is 0 Å². The van der Waals surface area contributed by atoms with E-state index < -0.39 is 5.09 Å². The van der Waals surface area contributed by atoms with Crippen LogP contribution in [0.1, 0.15) is 0 Å². The third-order valence-electron chi connectivity index (χ3n) is 0.421. The standard InChI is InChI=1S/C3H8OS2.HNO3/c4-1-3(6)2-5;2-1(3)4/h3-6H,1-2H2;(H,2,3,4). The van der Waals surface area contributed by atoms with Gasteiger partial charge in [0.25, 0.3) is 5.09 Å². The second kappa shape index (κ2) is 8.86. The molecule has 62 valence electrons. The van der Waals surface area contributed by atoms with E-state index in [0.29, 0.717) is 5.75 Å². The number of hydrogen-bond donors (Lipinski definition) is 4. The van der Waals surface area contributed by atoms with Crippen molar-refractivity contribution < 1.29 is 15.4 Å². The molecule has 0 aromatic heterocycles. The maximum Gasteiger partial charge on any atom is 0.291 e. The van der Waals surface area contributed by atoms with Crippen molar-refractivity contribution in [3.05, 3.63) is 10.1 Å². The first-order valence-corrected chi connectivity index (χ1v) is 3.42. The molecule has 0 saturated carbocycles. The van der Waals surface area contributed by atoms with Gasteiger partial charge in [-0.2, -0.15) is 25.3 Å². The van der Waals surface area contributed by atoms with Gasteiger partial charge in [0.15, 0.2) is 0 Å². The first-order chi connectivity index (χ1) is 4.54. The first-order valence-electron chi connectivity index (χ1n) is 2.27. The number of hydrogen-bond acceptors (Lipinski definition) is 5. The number of aliphatic hydroxyl groups is 1. The van der Waals surface area contributed by atoms with Crippen molar-refractivity contribution in [2.45, 2.75) is 5.25 Å². The quantitative estimate of drug-likeness (QED) is 0.275. The Labute approximate surface area is 69.0 Å². The van der Waals surface area contributed by atoms with Crippen molar-refractivity contribution in [1.29, 1.82) is 0 Å². The highest BCUT2D eigenvalue weighted by Crippen LogP contribution is 1.93. The molecule has 1 unspecified atom stereocenters. The molecule has 0 radical (unpaired) electrons. The number of thiol groups is 2. The molecule has 0 aliphatic heterocycles. The second-order valence-electron chi connectivity index (χ2n) is 1.26. The summed E-state index contributed by atoms with van der Waals surface area (Å²) in [5.41, 5.74) is 0.